The van der Waals surface area contributed by atoms with Gasteiger partial charge in [-0.05, 0) is 25.7 Å². The number of hydrogen-bond donors (Lipinski definition) is 3. The maximum atomic E-state index is 9.33. The van der Waals surface area contributed by atoms with Crippen molar-refractivity contribution in [2.75, 3.05) is 23.5 Å². The van der Waals surface area contributed by atoms with E-state index in [4.69, 9.17) is 5.84 Å². The molecule has 1 aliphatic carbocycles. The van der Waals surface area contributed by atoms with Gasteiger partial charge >= 0.3 is 0 Å². The first-order chi connectivity index (χ1) is 9.73. The maximum Gasteiger partial charge on any atom is 0.145 e. The highest BCUT2D eigenvalue weighted by atomic mass is 16.3. The summed E-state index contributed by atoms with van der Waals surface area (Å²) in [6.07, 6.45) is 4.34. The number of hydrazine groups is 1. The summed E-state index contributed by atoms with van der Waals surface area (Å²) >= 11 is 0. The van der Waals surface area contributed by atoms with Crippen LogP contribution >= 0.6 is 0 Å². The number of nitrogens with two attached hydrogens (primary N) is 1. The van der Waals surface area contributed by atoms with E-state index in [0.29, 0.717) is 24.3 Å². The molecule has 112 valence electrons. The van der Waals surface area contributed by atoms with Crippen LogP contribution in [0.5, 0.6) is 0 Å². The molecule has 6 heteroatoms. The molecule has 4 N–H and O–H groups in total. The standard InChI is InChI=1S/C14H25N5O/c1-3-11(4-2)19(7-8-20)13-9-12(18-15)16-14(17-13)10-5-6-10/h9-11,20H,3-8,15H2,1-2H3,(H,16,17,18). The summed E-state index contributed by atoms with van der Waals surface area (Å²) in [4.78, 5) is 11.3. The Bertz CT molecular complexity index is 432. The molecule has 0 radical (unpaired) electrons. The maximum absolute atomic E-state index is 9.33. The lowest BCUT2D eigenvalue weighted by atomic mass is 10.1. The third kappa shape index (κ3) is 3.37. The van der Waals surface area contributed by atoms with E-state index in [2.05, 4.69) is 34.1 Å². The normalized spacial score (nSPS) is 14.7. The lowest BCUT2D eigenvalue weighted by molar-refractivity contribution is 0.295. The van der Waals surface area contributed by atoms with E-state index in [1.165, 1.54) is 0 Å². The van der Waals surface area contributed by atoms with Gasteiger partial charge in [0.15, 0.2) is 0 Å². The minimum atomic E-state index is 0.116. The summed E-state index contributed by atoms with van der Waals surface area (Å²) in [7, 11) is 0. The van der Waals surface area contributed by atoms with Gasteiger partial charge in [0.1, 0.15) is 17.5 Å². The molecule has 0 bridgehead atoms. The first-order valence-electron chi connectivity index (χ1n) is 7.46. The van der Waals surface area contributed by atoms with Crippen LogP contribution in [-0.4, -0.2) is 34.3 Å². The van der Waals surface area contributed by atoms with Crippen molar-refractivity contribution in [2.24, 2.45) is 5.84 Å². The molecule has 20 heavy (non-hydrogen) atoms. The van der Waals surface area contributed by atoms with Gasteiger partial charge in [-0.1, -0.05) is 13.8 Å². The van der Waals surface area contributed by atoms with Crippen molar-refractivity contribution in [3.05, 3.63) is 11.9 Å². The van der Waals surface area contributed by atoms with Gasteiger partial charge in [0.05, 0.1) is 6.61 Å². The fourth-order valence-electron chi connectivity index (χ4n) is 2.52. The largest absolute Gasteiger partial charge is 0.395 e. The zero-order chi connectivity index (χ0) is 14.5. The van der Waals surface area contributed by atoms with Crippen molar-refractivity contribution < 1.29 is 5.11 Å². The number of nitrogens with one attached hydrogen (secondary N) is 1. The number of aliphatic hydroxyl groups excluding tert-OH is 1. The SMILES string of the molecule is CCC(CC)N(CCO)c1cc(NN)nc(C2CC2)n1. The first-order valence-corrected chi connectivity index (χ1v) is 7.46. The number of hydrogen-bond acceptors (Lipinski definition) is 6. The van der Waals surface area contributed by atoms with Gasteiger partial charge in [-0.25, -0.2) is 15.8 Å². The zero-order valence-corrected chi connectivity index (χ0v) is 12.3. The van der Waals surface area contributed by atoms with E-state index in [1.807, 2.05) is 6.07 Å². The van der Waals surface area contributed by atoms with Crippen molar-refractivity contribution in [2.45, 2.75) is 51.5 Å². The molecule has 0 aliphatic heterocycles. The fraction of sp³-hybridized carbons (Fsp3) is 0.714. The zero-order valence-electron chi connectivity index (χ0n) is 12.3. The predicted octanol–water partition coefficient (Wildman–Crippen LogP) is 1.63. The Morgan fingerprint density at radius 2 is 2.10 bits per heavy atom. The molecule has 1 aliphatic rings. The predicted molar refractivity (Wildman–Crippen MR) is 80.6 cm³/mol. The number of aromatic nitrogens is 2. The van der Waals surface area contributed by atoms with E-state index in [-0.39, 0.29) is 6.61 Å². The Labute approximate surface area is 120 Å². The Morgan fingerprint density at radius 3 is 2.60 bits per heavy atom. The molecule has 0 unspecified atom stereocenters. The number of rotatable bonds is 8. The van der Waals surface area contributed by atoms with Crippen LogP contribution in [0.4, 0.5) is 11.6 Å². The summed E-state index contributed by atoms with van der Waals surface area (Å²) in [6.45, 7) is 5.01. The molecular formula is C14H25N5O. The van der Waals surface area contributed by atoms with Crippen LogP contribution in [-0.2, 0) is 0 Å². The third-order valence-corrected chi connectivity index (χ3v) is 3.84. The minimum Gasteiger partial charge on any atom is -0.395 e. The fourth-order valence-corrected chi connectivity index (χ4v) is 2.52. The Hall–Kier alpha value is -1.40. The molecule has 0 aromatic carbocycles. The number of nitrogens with zero attached hydrogens (tertiary/aromatic N) is 3. The van der Waals surface area contributed by atoms with Crippen LogP contribution in [0.3, 0.4) is 0 Å². The van der Waals surface area contributed by atoms with Crippen LogP contribution in [0.25, 0.3) is 0 Å². The van der Waals surface area contributed by atoms with E-state index in [0.717, 1.165) is 37.3 Å². The molecule has 1 saturated carbocycles. The lowest BCUT2D eigenvalue weighted by Gasteiger charge is -2.31. The summed E-state index contributed by atoms with van der Waals surface area (Å²) < 4.78 is 0. The minimum absolute atomic E-state index is 0.116. The molecular weight excluding hydrogens is 254 g/mol. The van der Waals surface area contributed by atoms with Crippen molar-refractivity contribution >= 4 is 11.6 Å². The smallest absolute Gasteiger partial charge is 0.145 e. The van der Waals surface area contributed by atoms with Gasteiger partial charge < -0.3 is 15.4 Å². The van der Waals surface area contributed by atoms with Gasteiger partial charge in [-0.15, -0.1) is 0 Å². The first kappa shape index (κ1) is 15.0. The molecule has 0 spiro atoms. The van der Waals surface area contributed by atoms with Gasteiger partial charge in [0.2, 0.25) is 0 Å². The molecule has 1 aromatic heterocycles. The van der Waals surface area contributed by atoms with Gasteiger partial charge in [-0.3, -0.25) is 0 Å². The van der Waals surface area contributed by atoms with Crippen LogP contribution < -0.4 is 16.2 Å². The van der Waals surface area contributed by atoms with E-state index >= 15 is 0 Å². The molecule has 0 atom stereocenters. The second kappa shape index (κ2) is 6.85. The molecule has 0 saturated heterocycles. The highest BCUT2D eigenvalue weighted by Crippen LogP contribution is 2.39. The number of anilines is 2. The van der Waals surface area contributed by atoms with E-state index < -0.39 is 0 Å². The van der Waals surface area contributed by atoms with E-state index in [1.54, 1.807) is 0 Å². The molecule has 2 rings (SSSR count). The van der Waals surface area contributed by atoms with Crippen molar-refractivity contribution in [3.8, 4) is 0 Å². The highest BCUT2D eigenvalue weighted by Gasteiger charge is 2.28. The third-order valence-electron chi connectivity index (χ3n) is 3.84. The second-order valence-electron chi connectivity index (χ2n) is 5.28. The van der Waals surface area contributed by atoms with Crippen LogP contribution in [0, 0.1) is 0 Å². The number of nitrogen functional groups attached to an aromatic ring is 1. The summed E-state index contributed by atoms with van der Waals surface area (Å²) in [5.74, 6) is 8.36. The van der Waals surface area contributed by atoms with Crippen LogP contribution in [0.2, 0.25) is 0 Å². The van der Waals surface area contributed by atoms with Crippen LogP contribution in [0.15, 0.2) is 6.07 Å². The molecule has 1 heterocycles. The van der Waals surface area contributed by atoms with Gasteiger partial charge in [0, 0.05) is 24.6 Å². The summed E-state index contributed by atoms with van der Waals surface area (Å²) in [5, 5.41) is 9.33. The Kier molecular flexibility index (Phi) is 5.14. The molecule has 1 aromatic rings. The average Bonchev–Trinajstić information content (AvgIpc) is 3.31. The monoisotopic (exact) mass is 279 g/mol. The lowest BCUT2D eigenvalue weighted by Crippen LogP contribution is -2.37. The molecule has 0 amide bonds. The second-order valence-corrected chi connectivity index (χ2v) is 5.28. The van der Waals surface area contributed by atoms with E-state index in [9.17, 15) is 5.11 Å². The quantitative estimate of drug-likeness (QED) is 0.495. The summed E-state index contributed by atoms with van der Waals surface area (Å²) in [6, 6.07) is 2.23. The van der Waals surface area contributed by atoms with Crippen molar-refractivity contribution in [3.63, 3.8) is 0 Å². The topological polar surface area (TPSA) is 87.3 Å². The molecule has 6 nitrogen and oxygen atoms in total. The van der Waals surface area contributed by atoms with Crippen molar-refractivity contribution in [1.29, 1.82) is 0 Å². The van der Waals surface area contributed by atoms with Gasteiger partial charge in [0.25, 0.3) is 0 Å². The Morgan fingerprint density at radius 1 is 1.40 bits per heavy atom. The Balaban J connectivity index is 2.32. The number of aliphatic hydroxyl groups is 1. The van der Waals surface area contributed by atoms with Crippen LogP contribution in [0.1, 0.15) is 51.3 Å². The molecule has 1 fully saturated rings. The van der Waals surface area contributed by atoms with Crippen molar-refractivity contribution in [1.82, 2.24) is 9.97 Å². The summed E-state index contributed by atoms with van der Waals surface area (Å²) in [5.41, 5.74) is 2.62. The van der Waals surface area contributed by atoms with Gasteiger partial charge in [-0.2, -0.15) is 0 Å². The average molecular weight is 279 g/mol. The highest BCUT2D eigenvalue weighted by molar-refractivity contribution is 5.50.